The molecule has 0 atom stereocenters. The van der Waals surface area contributed by atoms with E-state index in [-0.39, 0.29) is 0 Å². The monoisotopic (exact) mass is 297 g/mol. The first kappa shape index (κ1) is 12.8. The third kappa shape index (κ3) is 2.32. The second-order valence-electron chi connectivity index (χ2n) is 5.88. The Kier molecular flexibility index (Phi) is 2.96. The van der Waals surface area contributed by atoms with E-state index in [9.17, 15) is 0 Å². The minimum Gasteiger partial charge on any atom is -0.244 e. The Bertz CT molecular complexity index is 818. The van der Waals surface area contributed by atoms with Crippen LogP contribution in [0, 0.1) is 12.8 Å². The summed E-state index contributed by atoms with van der Waals surface area (Å²) < 4.78 is 1.99. The van der Waals surface area contributed by atoms with Gasteiger partial charge in [0.2, 0.25) is 0 Å². The number of benzene rings is 2. The van der Waals surface area contributed by atoms with Gasteiger partial charge in [-0.1, -0.05) is 52.7 Å². The van der Waals surface area contributed by atoms with Crippen LogP contribution < -0.4 is 0 Å². The minimum atomic E-state index is 0.695. The van der Waals surface area contributed by atoms with Crippen LogP contribution in [0.25, 0.3) is 22.2 Å². The van der Waals surface area contributed by atoms with Crippen LogP contribution in [0.4, 0.5) is 0 Å². The van der Waals surface area contributed by atoms with Crippen LogP contribution in [0.5, 0.6) is 0 Å². The van der Waals surface area contributed by atoms with Crippen molar-refractivity contribution < 1.29 is 0 Å². The Morgan fingerprint density at radius 3 is 2.86 bits per heavy atom. The van der Waals surface area contributed by atoms with Crippen molar-refractivity contribution in [3.8, 4) is 11.1 Å². The van der Waals surface area contributed by atoms with Crippen molar-refractivity contribution in [1.82, 2.24) is 15.0 Å². The molecule has 1 saturated carbocycles. The van der Waals surface area contributed by atoms with Gasteiger partial charge >= 0.3 is 0 Å². The van der Waals surface area contributed by atoms with Crippen molar-refractivity contribution >= 4 is 22.6 Å². The van der Waals surface area contributed by atoms with E-state index in [1.807, 2.05) is 4.68 Å². The number of hydrogen-bond acceptors (Lipinski definition) is 2. The summed E-state index contributed by atoms with van der Waals surface area (Å²) in [5, 5.41) is 9.25. The van der Waals surface area contributed by atoms with Gasteiger partial charge in [0.15, 0.2) is 0 Å². The molecule has 1 aliphatic carbocycles. The van der Waals surface area contributed by atoms with Gasteiger partial charge < -0.3 is 0 Å². The maximum atomic E-state index is 6.58. The number of aryl methyl sites for hydroxylation is 1. The van der Waals surface area contributed by atoms with Crippen molar-refractivity contribution in [2.45, 2.75) is 26.3 Å². The smallest absolute Gasteiger partial charge is 0.132 e. The lowest BCUT2D eigenvalue weighted by molar-refractivity contribution is 0.559. The van der Waals surface area contributed by atoms with Crippen molar-refractivity contribution in [2.75, 3.05) is 0 Å². The largest absolute Gasteiger partial charge is 0.244 e. The van der Waals surface area contributed by atoms with E-state index in [2.05, 4.69) is 53.6 Å². The lowest BCUT2D eigenvalue weighted by Gasteiger charge is -2.07. The molecule has 0 N–H and O–H groups in total. The molecule has 0 bridgehead atoms. The average molecular weight is 298 g/mol. The molecular formula is C17H16ClN3. The highest BCUT2D eigenvalue weighted by atomic mass is 35.5. The summed E-state index contributed by atoms with van der Waals surface area (Å²) in [6.07, 6.45) is 2.60. The van der Waals surface area contributed by atoms with Crippen molar-refractivity contribution in [3.05, 3.63) is 47.0 Å². The predicted octanol–water partition coefficient (Wildman–Crippen LogP) is 4.47. The highest BCUT2D eigenvalue weighted by Gasteiger charge is 2.23. The molecule has 1 fully saturated rings. The fraction of sp³-hybridized carbons (Fsp3) is 0.294. The Labute approximate surface area is 128 Å². The number of nitrogens with zero attached hydrogens (tertiary/aromatic N) is 3. The van der Waals surface area contributed by atoms with E-state index in [0.29, 0.717) is 5.02 Å². The fourth-order valence-electron chi connectivity index (χ4n) is 2.72. The van der Waals surface area contributed by atoms with Crippen molar-refractivity contribution in [2.24, 2.45) is 5.92 Å². The fourth-order valence-corrected chi connectivity index (χ4v) is 3.03. The van der Waals surface area contributed by atoms with Gasteiger partial charge in [0, 0.05) is 12.1 Å². The van der Waals surface area contributed by atoms with E-state index in [4.69, 9.17) is 11.6 Å². The molecular weight excluding hydrogens is 282 g/mol. The second-order valence-corrected chi connectivity index (χ2v) is 6.26. The van der Waals surface area contributed by atoms with E-state index in [0.717, 1.165) is 34.6 Å². The van der Waals surface area contributed by atoms with Crippen molar-refractivity contribution in [1.29, 1.82) is 0 Å². The molecule has 1 aromatic heterocycles. The standard InChI is InChI=1S/C17H16ClN3/c1-11-3-2-4-13(9-11)14-7-8-15-17(16(14)18)19-20-21(15)10-12-5-6-12/h2-4,7-9,12H,5-6,10H2,1H3. The molecule has 0 spiro atoms. The van der Waals surface area contributed by atoms with Crippen LogP contribution in [-0.4, -0.2) is 15.0 Å². The Morgan fingerprint density at radius 1 is 1.24 bits per heavy atom. The highest BCUT2D eigenvalue weighted by Crippen LogP contribution is 2.35. The summed E-state index contributed by atoms with van der Waals surface area (Å²) in [6, 6.07) is 12.5. The summed E-state index contributed by atoms with van der Waals surface area (Å²) in [5.41, 5.74) is 5.20. The first-order chi connectivity index (χ1) is 10.2. The van der Waals surface area contributed by atoms with Crippen LogP contribution in [0.15, 0.2) is 36.4 Å². The summed E-state index contributed by atoms with van der Waals surface area (Å²) in [7, 11) is 0. The molecule has 3 aromatic rings. The van der Waals surface area contributed by atoms with E-state index >= 15 is 0 Å². The molecule has 21 heavy (non-hydrogen) atoms. The lowest BCUT2D eigenvalue weighted by Crippen LogP contribution is -2.01. The minimum absolute atomic E-state index is 0.695. The Morgan fingerprint density at radius 2 is 2.10 bits per heavy atom. The van der Waals surface area contributed by atoms with Gasteiger partial charge in [-0.3, -0.25) is 0 Å². The van der Waals surface area contributed by atoms with E-state index in [1.54, 1.807) is 0 Å². The van der Waals surface area contributed by atoms with Gasteiger partial charge in [-0.2, -0.15) is 0 Å². The molecule has 0 amide bonds. The maximum absolute atomic E-state index is 6.58. The zero-order valence-corrected chi connectivity index (χ0v) is 12.6. The van der Waals surface area contributed by atoms with Gasteiger partial charge in [0.25, 0.3) is 0 Å². The number of aromatic nitrogens is 3. The average Bonchev–Trinajstić information content (AvgIpc) is 3.19. The number of rotatable bonds is 3. The highest BCUT2D eigenvalue weighted by molar-refractivity contribution is 6.37. The Balaban J connectivity index is 1.82. The first-order valence-electron chi connectivity index (χ1n) is 7.31. The van der Waals surface area contributed by atoms with Crippen LogP contribution in [-0.2, 0) is 6.54 Å². The van der Waals surface area contributed by atoms with Crippen LogP contribution >= 0.6 is 11.6 Å². The zero-order chi connectivity index (χ0) is 14.4. The zero-order valence-electron chi connectivity index (χ0n) is 11.9. The third-order valence-electron chi connectivity index (χ3n) is 4.08. The summed E-state index contributed by atoms with van der Waals surface area (Å²) in [6.45, 7) is 3.04. The predicted molar refractivity (Wildman–Crippen MR) is 85.4 cm³/mol. The molecule has 3 nitrogen and oxygen atoms in total. The first-order valence-corrected chi connectivity index (χ1v) is 7.69. The summed E-state index contributed by atoms with van der Waals surface area (Å²) >= 11 is 6.58. The molecule has 106 valence electrons. The van der Waals surface area contributed by atoms with Gasteiger partial charge in [0.1, 0.15) is 5.52 Å². The van der Waals surface area contributed by atoms with Gasteiger partial charge in [-0.05, 0) is 37.3 Å². The number of hydrogen-bond donors (Lipinski definition) is 0. The van der Waals surface area contributed by atoms with Crippen molar-refractivity contribution in [3.63, 3.8) is 0 Å². The quantitative estimate of drug-likeness (QED) is 0.714. The molecule has 4 rings (SSSR count). The summed E-state index contributed by atoms with van der Waals surface area (Å²) in [4.78, 5) is 0. The van der Waals surface area contributed by atoms with Crippen LogP contribution in [0.3, 0.4) is 0 Å². The number of fused-ring (bicyclic) bond motifs is 1. The second kappa shape index (κ2) is 4.85. The van der Waals surface area contributed by atoms with Gasteiger partial charge in [-0.15, -0.1) is 5.10 Å². The molecule has 2 aromatic carbocycles. The lowest BCUT2D eigenvalue weighted by atomic mass is 10.0. The summed E-state index contributed by atoms with van der Waals surface area (Å²) in [5.74, 6) is 0.769. The van der Waals surface area contributed by atoms with Gasteiger partial charge in [0.05, 0.1) is 10.5 Å². The van der Waals surface area contributed by atoms with E-state index < -0.39 is 0 Å². The molecule has 0 aliphatic heterocycles. The topological polar surface area (TPSA) is 30.7 Å². The van der Waals surface area contributed by atoms with Gasteiger partial charge in [-0.25, -0.2) is 4.68 Å². The number of halogens is 1. The van der Waals surface area contributed by atoms with Crippen LogP contribution in [0.2, 0.25) is 5.02 Å². The molecule has 4 heteroatoms. The molecule has 0 unspecified atom stereocenters. The normalized spacial score (nSPS) is 14.8. The third-order valence-corrected chi connectivity index (χ3v) is 4.47. The molecule has 1 heterocycles. The van der Waals surface area contributed by atoms with Crippen LogP contribution in [0.1, 0.15) is 18.4 Å². The Hall–Kier alpha value is -1.87. The molecule has 0 radical (unpaired) electrons. The molecule has 0 saturated heterocycles. The maximum Gasteiger partial charge on any atom is 0.132 e. The SMILES string of the molecule is Cc1cccc(-c2ccc3c(nnn3CC3CC3)c2Cl)c1. The molecule has 1 aliphatic rings. The van der Waals surface area contributed by atoms with E-state index in [1.165, 1.54) is 18.4 Å².